The molecule has 1 N–H and O–H groups in total. The Morgan fingerprint density at radius 3 is 2.29 bits per heavy atom. The third-order valence-electron chi connectivity index (χ3n) is 6.01. The number of anilines is 1. The van der Waals surface area contributed by atoms with Gasteiger partial charge in [0, 0.05) is 37.2 Å². The van der Waals surface area contributed by atoms with Crippen LogP contribution < -0.4 is 15.6 Å². The largest absolute Gasteiger partial charge is 0.467 e. The zero-order valence-electron chi connectivity index (χ0n) is 19.9. The van der Waals surface area contributed by atoms with Gasteiger partial charge in [-0.1, -0.05) is 18.2 Å². The molecule has 9 heteroatoms. The first kappa shape index (κ1) is 24.0. The quantitative estimate of drug-likeness (QED) is 0.589. The van der Waals surface area contributed by atoms with E-state index in [1.807, 2.05) is 44.2 Å². The van der Waals surface area contributed by atoms with E-state index in [0.29, 0.717) is 12.3 Å². The molecule has 1 aliphatic rings. The lowest BCUT2D eigenvalue weighted by atomic mass is 10.1. The van der Waals surface area contributed by atoms with Gasteiger partial charge >= 0.3 is 0 Å². The van der Waals surface area contributed by atoms with Crippen molar-refractivity contribution in [2.24, 2.45) is 0 Å². The molecule has 35 heavy (non-hydrogen) atoms. The van der Waals surface area contributed by atoms with E-state index >= 15 is 0 Å². The molecule has 0 aliphatic carbocycles. The molecular weight excluding hydrogens is 448 g/mol. The van der Waals surface area contributed by atoms with E-state index in [4.69, 9.17) is 4.42 Å². The molecule has 3 aromatic rings. The average molecular weight is 477 g/mol. The second-order valence-electron chi connectivity index (χ2n) is 8.77. The van der Waals surface area contributed by atoms with Gasteiger partial charge in [0.05, 0.1) is 12.3 Å². The highest BCUT2D eigenvalue weighted by Gasteiger charge is 2.31. The highest BCUT2D eigenvalue weighted by molar-refractivity contribution is 6.03. The summed E-state index contributed by atoms with van der Waals surface area (Å²) in [6, 6.07) is 12.1. The number of nitrogens with one attached hydrogen (secondary N) is 1. The summed E-state index contributed by atoms with van der Waals surface area (Å²) in [6.45, 7) is 5.94. The molecule has 1 aromatic carbocycles. The number of nitrogens with zero attached hydrogens (tertiary/aromatic N) is 3. The number of benzene rings is 1. The van der Waals surface area contributed by atoms with Crippen LogP contribution in [-0.2, 0) is 4.79 Å². The Labute approximate surface area is 202 Å². The number of pyridine rings is 1. The zero-order chi connectivity index (χ0) is 25.1. The second kappa shape index (κ2) is 10.0. The summed E-state index contributed by atoms with van der Waals surface area (Å²) >= 11 is 0. The van der Waals surface area contributed by atoms with Crippen molar-refractivity contribution in [1.29, 1.82) is 0 Å². The smallest absolute Gasteiger partial charge is 0.259 e. The maximum Gasteiger partial charge on any atom is 0.259 e. The van der Waals surface area contributed by atoms with Gasteiger partial charge < -0.3 is 24.1 Å². The number of aromatic nitrogens is 1. The summed E-state index contributed by atoms with van der Waals surface area (Å²) in [5.41, 5.74) is -0.194. The molecule has 1 fully saturated rings. The number of hydrogen-bond donors (Lipinski definition) is 1. The minimum Gasteiger partial charge on any atom is -0.467 e. The molecule has 0 bridgehead atoms. The lowest BCUT2D eigenvalue weighted by Gasteiger charge is -2.34. The van der Waals surface area contributed by atoms with Crippen LogP contribution in [0.5, 0.6) is 0 Å². The molecule has 0 spiro atoms. The lowest BCUT2D eigenvalue weighted by molar-refractivity contribution is -0.120. The first-order chi connectivity index (χ1) is 16.8. The Bertz CT molecular complexity index is 1280. The Hall–Kier alpha value is -4.14. The van der Waals surface area contributed by atoms with E-state index in [2.05, 4.69) is 5.32 Å². The Balaban J connectivity index is 1.59. The van der Waals surface area contributed by atoms with Crippen molar-refractivity contribution in [2.45, 2.75) is 32.9 Å². The van der Waals surface area contributed by atoms with E-state index in [9.17, 15) is 19.2 Å². The second-order valence-corrected chi connectivity index (χ2v) is 8.77. The van der Waals surface area contributed by atoms with Gasteiger partial charge in [-0.05, 0) is 45.0 Å². The molecule has 9 nitrogen and oxygen atoms in total. The summed E-state index contributed by atoms with van der Waals surface area (Å²) in [6.07, 6.45) is 4.41. The van der Waals surface area contributed by atoms with E-state index in [1.165, 1.54) is 23.6 Å². The highest BCUT2D eigenvalue weighted by atomic mass is 16.3. The van der Waals surface area contributed by atoms with Crippen LogP contribution in [0.2, 0.25) is 0 Å². The van der Waals surface area contributed by atoms with Crippen LogP contribution in [0.25, 0.3) is 0 Å². The third-order valence-corrected chi connectivity index (χ3v) is 6.01. The van der Waals surface area contributed by atoms with Crippen LogP contribution in [-0.4, -0.2) is 46.8 Å². The van der Waals surface area contributed by atoms with Crippen LogP contribution in [0.3, 0.4) is 0 Å². The predicted molar refractivity (Wildman–Crippen MR) is 130 cm³/mol. The summed E-state index contributed by atoms with van der Waals surface area (Å²) in [5.74, 6) is -0.863. The molecule has 0 saturated carbocycles. The molecule has 3 amide bonds. The maximum absolute atomic E-state index is 13.4. The molecule has 3 heterocycles. The fourth-order valence-corrected chi connectivity index (χ4v) is 3.99. The van der Waals surface area contributed by atoms with E-state index in [0.717, 1.165) is 5.69 Å². The fraction of sp³-hybridized carbons (Fsp3) is 0.308. The average Bonchev–Trinajstić information content (AvgIpc) is 3.39. The van der Waals surface area contributed by atoms with Crippen molar-refractivity contribution in [2.75, 3.05) is 24.5 Å². The van der Waals surface area contributed by atoms with Gasteiger partial charge in [-0.2, -0.15) is 0 Å². The van der Waals surface area contributed by atoms with E-state index in [1.54, 1.807) is 28.5 Å². The van der Waals surface area contributed by atoms with Crippen LogP contribution >= 0.6 is 0 Å². The van der Waals surface area contributed by atoms with Crippen molar-refractivity contribution in [3.63, 3.8) is 0 Å². The van der Waals surface area contributed by atoms with Crippen molar-refractivity contribution in [3.8, 4) is 0 Å². The molecule has 2 aromatic heterocycles. The normalized spacial score (nSPS) is 14.8. The number of piperazine rings is 1. The van der Waals surface area contributed by atoms with Crippen LogP contribution in [0.4, 0.5) is 5.69 Å². The van der Waals surface area contributed by atoms with E-state index < -0.39 is 23.3 Å². The van der Waals surface area contributed by atoms with Gasteiger partial charge in [-0.25, -0.2) is 0 Å². The molecule has 182 valence electrons. The van der Waals surface area contributed by atoms with Crippen molar-refractivity contribution >= 4 is 23.4 Å². The Morgan fingerprint density at radius 1 is 0.943 bits per heavy atom. The minimum atomic E-state index is -0.672. The monoisotopic (exact) mass is 476 g/mol. The first-order valence-electron chi connectivity index (χ1n) is 11.5. The van der Waals surface area contributed by atoms with Crippen LogP contribution in [0.1, 0.15) is 59.3 Å². The topological polar surface area (TPSA) is 105 Å². The predicted octanol–water partition coefficient (Wildman–Crippen LogP) is 3.00. The lowest BCUT2D eigenvalue weighted by Crippen LogP contribution is -2.53. The highest BCUT2D eigenvalue weighted by Crippen LogP contribution is 2.18. The van der Waals surface area contributed by atoms with Gasteiger partial charge in [-0.15, -0.1) is 0 Å². The number of rotatable bonds is 6. The fourth-order valence-electron chi connectivity index (χ4n) is 3.99. The molecule has 4 rings (SSSR count). The summed E-state index contributed by atoms with van der Waals surface area (Å²) in [7, 11) is 0. The number of carbonyl (C=O) groups excluding carboxylic acids is 3. The molecule has 0 unspecified atom stereocenters. The number of amides is 3. The van der Waals surface area contributed by atoms with Gasteiger partial charge in [0.15, 0.2) is 0 Å². The standard InChI is InChI=1S/C26H28N4O5/c1-17(2)29-14-20(25(33)27-18(3)22-10-7-13-35-22)24(32)21(15-29)26(34)28-11-12-30(23(31)16-28)19-8-5-4-6-9-19/h4-10,13-15,17-18H,11-12,16H2,1-3H3,(H,27,33)/t18-/m1/s1. The summed E-state index contributed by atoms with van der Waals surface area (Å²) in [4.78, 5) is 55.4. The van der Waals surface area contributed by atoms with E-state index in [-0.39, 0.29) is 36.2 Å². The Kier molecular flexibility index (Phi) is 6.86. The first-order valence-corrected chi connectivity index (χ1v) is 11.5. The summed E-state index contributed by atoms with van der Waals surface area (Å²) < 4.78 is 6.98. The number of carbonyl (C=O) groups is 3. The zero-order valence-corrected chi connectivity index (χ0v) is 19.9. The van der Waals surface area contributed by atoms with Gasteiger partial charge in [0.25, 0.3) is 11.8 Å². The Morgan fingerprint density at radius 2 is 1.66 bits per heavy atom. The van der Waals surface area contributed by atoms with Gasteiger partial charge in [0.1, 0.15) is 23.4 Å². The summed E-state index contributed by atoms with van der Waals surface area (Å²) in [5, 5.41) is 2.75. The third kappa shape index (κ3) is 5.03. The minimum absolute atomic E-state index is 0.104. The molecule has 1 aliphatic heterocycles. The maximum atomic E-state index is 13.4. The SMILES string of the molecule is CC(C)n1cc(C(=O)N[C@H](C)c2ccco2)c(=O)c(C(=O)N2CCN(c3ccccc3)C(=O)C2)c1. The number of hydrogen-bond acceptors (Lipinski definition) is 5. The van der Waals surface area contributed by atoms with Crippen LogP contribution in [0, 0.1) is 0 Å². The molecular formula is C26H28N4O5. The molecule has 1 saturated heterocycles. The van der Waals surface area contributed by atoms with Crippen molar-refractivity contribution < 1.29 is 18.8 Å². The van der Waals surface area contributed by atoms with Crippen LogP contribution in [0.15, 0.2) is 70.3 Å². The van der Waals surface area contributed by atoms with Gasteiger partial charge in [0.2, 0.25) is 11.3 Å². The van der Waals surface area contributed by atoms with Gasteiger partial charge in [-0.3, -0.25) is 19.2 Å². The van der Waals surface area contributed by atoms with Crippen molar-refractivity contribution in [1.82, 2.24) is 14.8 Å². The number of furan rings is 1. The van der Waals surface area contributed by atoms with Crippen molar-refractivity contribution in [3.05, 3.63) is 88.2 Å². The molecule has 0 radical (unpaired) electrons. The molecule has 1 atom stereocenters. The number of para-hydroxylation sites is 1.